The maximum atomic E-state index is 13.3. The Balaban J connectivity index is 1.99. The maximum absolute atomic E-state index is 13.3. The maximum Gasteiger partial charge on any atom is 0.262 e. The van der Waals surface area contributed by atoms with Gasteiger partial charge in [-0.15, -0.1) is 0 Å². The molecule has 6 nitrogen and oxygen atoms in total. The Hall–Kier alpha value is -2.90. The highest BCUT2D eigenvalue weighted by molar-refractivity contribution is 7.92. The van der Waals surface area contributed by atoms with Crippen molar-refractivity contribution in [3.63, 3.8) is 0 Å². The standard InChI is InChI=1S/C24H26ClNO5S/c1-15(2)20-14-24(16(3)12-23(20)30-5)32(27,28)26-21-13-17(25)6-11-22(21)31-19-9-7-18(29-4)8-10-19/h6-15,26H,1-5H3. The van der Waals surface area contributed by atoms with E-state index in [1.54, 1.807) is 69.7 Å². The first-order chi connectivity index (χ1) is 15.1. The Morgan fingerprint density at radius 1 is 0.875 bits per heavy atom. The van der Waals surface area contributed by atoms with Crippen LogP contribution in [0.3, 0.4) is 0 Å². The fraction of sp³-hybridized carbons (Fsp3) is 0.250. The van der Waals surface area contributed by atoms with E-state index in [2.05, 4.69) is 4.72 Å². The first-order valence-electron chi connectivity index (χ1n) is 9.97. The van der Waals surface area contributed by atoms with Gasteiger partial charge in [0, 0.05) is 5.02 Å². The summed E-state index contributed by atoms with van der Waals surface area (Å²) in [5.41, 5.74) is 1.60. The predicted molar refractivity (Wildman–Crippen MR) is 127 cm³/mol. The highest BCUT2D eigenvalue weighted by atomic mass is 35.5. The molecule has 170 valence electrons. The summed E-state index contributed by atoms with van der Waals surface area (Å²) in [5, 5.41) is 0.374. The SMILES string of the molecule is COc1ccc(Oc2ccc(Cl)cc2NS(=O)(=O)c2cc(C(C)C)c(OC)cc2C)cc1. The van der Waals surface area contributed by atoms with Crippen LogP contribution in [0.25, 0.3) is 0 Å². The number of methoxy groups -OCH3 is 2. The Labute approximate surface area is 194 Å². The summed E-state index contributed by atoms with van der Waals surface area (Å²) in [6, 6.07) is 15.1. The van der Waals surface area contributed by atoms with E-state index in [0.717, 1.165) is 5.56 Å². The minimum absolute atomic E-state index is 0.0830. The fourth-order valence-corrected chi connectivity index (χ4v) is 4.73. The number of rotatable bonds is 8. The third-order valence-electron chi connectivity index (χ3n) is 4.91. The van der Waals surface area contributed by atoms with Crippen LogP contribution in [0.15, 0.2) is 59.5 Å². The Morgan fingerprint density at radius 3 is 2.12 bits per heavy atom. The zero-order valence-corrected chi connectivity index (χ0v) is 20.2. The van der Waals surface area contributed by atoms with Gasteiger partial charge in [0.15, 0.2) is 5.75 Å². The molecule has 3 aromatic rings. The fourth-order valence-electron chi connectivity index (χ4n) is 3.24. The molecule has 0 aliphatic heterocycles. The van der Waals surface area contributed by atoms with Gasteiger partial charge in [-0.25, -0.2) is 8.42 Å². The van der Waals surface area contributed by atoms with E-state index in [1.807, 2.05) is 13.8 Å². The molecule has 0 spiro atoms. The molecule has 0 aliphatic rings. The van der Waals surface area contributed by atoms with Crippen LogP contribution in [-0.4, -0.2) is 22.6 Å². The number of hydrogen-bond donors (Lipinski definition) is 1. The lowest BCUT2D eigenvalue weighted by Gasteiger charge is -2.18. The van der Waals surface area contributed by atoms with Crippen molar-refractivity contribution in [1.82, 2.24) is 0 Å². The van der Waals surface area contributed by atoms with Crippen molar-refractivity contribution >= 4 is 27.3 Å². The number of anilines is 1. The van der Waals surface area contributed by atoms with Crippen LogP contribution in [0.5, 0.6) is 23.0 Å². The molecule has 0 fully saturated rings. The Bertz CT molecular complexity index is 1210. The summed E-state index contributed by atoms with van der Waals surface area (Å²) in [6.07, 6.45) is 0. The van der Waals surface area contributed by atoms with Crippen LogP contribution >= 0.6 is 11.6 Å². The summed E-state index contributed by atoms with van der Waals surface area (Å²) in [6.45, 7) is 5.69. The second-order valence-corrected chi connectivity index (χ2v) is 9.63. The van der Waals surface area contributed by atoms with Crippen LogP contribution in [0.4, 0.5) is 5.69 Å². The van der Waals surface area contributed by atoms with Gasteiger partial charge in [-0.3, -0.25) is 4.72 Å². The summed E-state index contributed by atoms with van der Waals surface area (Å²) >= 11 is 6.15. The molecule has 32 heavy (non-hydrogen) atoms. The number of ether oxygens (including phenoxy) is 3. The van der Waals surface area contributed by atoms with Gasteiger partial charge in [0.05, 0.1) is 24.8 Å². The minimum Gasteiger partial charge on any atom is -0.497 e. The molecule has 3 rings (SSSR count). The van der Waals surface area contributed by atoms with Crippen molar-refractivity contribution in [2.75, 3.05) is 18.9 Å². The lowest BCUT2D eigenvalue weighted by molar-refractivity contribution is 0.406. The molecule has 0 atom stereocenters. The summed E-state index contributed by atoms with van der Waals surface area (Å²) in [7, 11) is -0.783. The molecule has 0 heterocycles. The van der Waals surface area contributed by atoms with E-state index >= 15 is 0 Å². The highest BCUT2D eigenvalue weighted by Crippen LogP contribution is 2.36. The molecule has 0 unspecified atom stereocenters. The van der Waals surface area contributed by atoms with E-state index in [-0.39, 0.29) is 16.5 Å². The zero-order chi connectivity index (χ0) is 23.5. The van der Waals surface area contributed by atoms with Crippen molar-refractivity contribution in [2.24, 2.45) is 0 Å². The lowest BCUT2D eigenvalue weighted by Crippen LogP contribution is -2.15. The summed E-state index contributed by atoms with van der Waals surface area (Å²) in [4.78, 5) is 0.164. The number of nitrogens with one attached hydrogen (secondary N) is 1. The number of benzene rings is 3. The molecular weight excluding hydrogens is 450 g/mol. The van der Waals surface area contributed by atoms with Gasteiger partial charge in [-0.1, -0.05) is 25.4 Å². The van der Waals surface area contributed by atoms with Crippen LogP contribution in [0.2, 0.25) is 5.02 Å². The number of hydrogen-bond acceptors (Lipinski definition) is 5. The minimum atomic E-state index is -3.93. The quantitative estimate of drug-likeness (QED) is 0.409. The largest absolute Gasteiger partial charge is 0.497 e. The van der Waals surface area contributed by atoms with Crippen LogP contribution in [0.1, 0.15) is 30.9 Å². The number of halogens is 1. The molecule has 0 saturated carbocycles. The van der Waals surface area contributed by atoms with Gasteiger partial charge in [-0.2, -0.15) is 0 Å². The molecule has 8 heteroatoms. The third-order valence-corrected chi connectivity index (χ3v) is 6.65. The molecule has 0 bridgehead atoms. The van der Waals surface area contributed by atoms with Crippen LogP contribution in [0, 0.1) is 6.92 Å². The molecule has 0 aliphatic carbocycles. The van der Waals surface area contributed by atoms with E-state index in [1.165, 1.54) is 6.07 Å². The van der Waals surface area contributed by atoms with Crippen LogP contribution in [-0.2, 0) is 10.0 Å². The van der Waals surface area contributed by atoms with Crippen LogP contribution < -0.4 is 18.9 Å². The Kier molecular flexibility index (Phi) is 7.21. The van der Waals surface area contributed by atoms with Gasteiger partial charge < -0.3 is 14.2 Å². The van der Waals surface area contributed by atoms with Crippen molar-refractivity contribution in [2.45, 2.75) is 31.6 Å². The second-order valence-electron chi connectivity index (χ2n) is 7.54. The normalized spacial score (nSPS) is 11.3. The third kappa shape index (κ3) is 5.29. The molecule has 3 aromatic carbocycles. The average Bonchev–Trinajstić information content (AvgIpc) is 2.75. The van der Waals surface area contributed by atoms with E-state index < -0.39 is 10.0 Å². The Morgan fingerprint density at radius 2 is 1.53 bits per heavy atom. The van der Waals surface area contributed by atoms with Crippen molar-refractivity contribution < 1.29 is 22.6 Å². The van der Waals surface area contributed by atoms with Gasteiger partial charge in [0.2, 0.25) is 0 Å². The highest BCUT2D eigenvalue weighted by Gasteiger charge is 2.23. The molecular formula is C24H26ClNO5S. The topological polar surface area (TPSA) is 73.9 Å². The molecule has 0 saturated heterocycles. The molecule has 0 amide bonds. The summed E-state index contributed by atoms with van der Waals surface area (Å²) in [5.74, 6) is 2.27. The zero-order valence-electron chi connectivity index (χ0n) is 18.6. The van der Waals surface area contributed by atoms with E-state index in [0.29, 0.717) is 33.6 Å². The predicted octanol–water partition coefficient (Wildman–Crippen LogP) is 6.38. The smallest absolute Gasteiger partial charge is 0.262 e. The monoisotopic (exact) mass is 475 g/mol. The number of aryl methyl sites for hydroxylation is 1. The van der Waals surface area contributed by atoms with E-state index in [4.69, 9.17) is 25.8 Å². The molecule has 1 N–H and O–H groups in total. The average molecular weight is 476 g/mol. The van der Waals surface area contributed by atoms with Crippen molar-refractivity contribution in [3.05, 3.63) is 70.7 Å². The van der Waals surface area contributed by atoms with Gasteiger partial charge in [0.25, 0.3) is 10.0 Å². The van der Waals surface area contributed by atoms with E-state index in [9.17, 15) is 8.42 Å². The van der Waals surface area contributed by atoms with Gasteiger partial charge in [-0.05, 0) is 78.6 Å². The molecule has 0 aromatic heterocycles. The van der Waals surface area contributed by atoms with Crippen molar-refractivity contribution in [3.8, 4) is 23.0 Å². The first kappa shape index (κ1) is 23.8. The first-order valence-corrected chi connectivity index (χ1v) is 11.8. The lowest BCUT2D eigenvalue weighted by atomic mass is 10.0. The second kappa shape index (κ2) is 9.71. The van der Waals surface area contributed by atoms with Gasteiger partial charge >= 0.3 is 0 Å². The van der Waals surface area contributed by atoms with Gasteiger partial charge in [0.1, 0.15) is 17.2 Å². The molecule has 0 radical (unpaired) electrons. The summed E-state index contributed by atoms with van der Waals surface area (Å²) < 4.78 is 45.8. The van der Waals surface area contributed by atoms with Crippen molar-refractivity contribution in [1.29, 1.82) is 0 Å². The number of sulfonamides is 1.